The maximum atomic E-state index is 13.1. The van der Waals surface area contributed by atoms with Gasteiger partial charge in [0.05, 0.1) is 0 Å². The lowest BCUT2D eigenvalue weighted by molar-refractivity contribution is -0.122. The normalized spacial score (nSPS) is 28.5. The van der Waals surface area contributed by atoms with Gasteiger partial charge in [0.2, 0.25) is 5.91 Å². The number of rotatable bonds is 6. The van der Waals surface area contributed by atoms with E-state index in [-0.39, 0.29) is 18.0 Å². The number of nitrogens with one attached hydrogen (secondary N) is 3. The smallest absolute Gasteiger partial charge is 0.243 e. The summed E-state index contributed by atoms with van der Waals surface area (Å²) in [6, 6.07) is 7.41. The van der Waals surface area contributed by atoms with Crippen LogP contribution < -0.4 is 16.0 Å². The van der Waals surface area contributed by atoms with Crippen LogP contribution in [0.2, 0.25) is 0 Å². The van der Waals surface area contributed by atoms with Crippen LogP contribution in [0.25, 0.3) is 0 Å². The van der Waals surface area contributed by atoms with Crippen LogP contribution >= 0.6 is 0 Å². The van der Waals surface area contributed by atoms with Gasteiger partial charge in [-0.2, -0.15) is 0 Å². The monoisotopic (exact) mass is 370 g/mol. The first kappa shape index (κ1) is 18.8. The van der Waals surface area contributed by atoms with Gasteiger partial charge < -0.3 is 20.9 Å². The van der Waals surface area contributed by atoms with Crippen LogP contribution in [0, 0.1) is 12.8 Å². The number of carbonyl (C=O) groups excluding carboxylic acids is 1. The van der Waals surface area contributed by atoms with Gasteiger partial charge in [-0.25, -0.2) is 0 Å². The molecule has 1 aromatic rings. The molecule has 0 radical (unpaired) electrons. The van der Waals surface area contributed by atoms with E-state index in [1.165, 1.54) is 43.2 Å². The summed E-state index contributed by atoms with van der Waals surface area (Å²) in [6.45, 7) is 3.18. The Labute approximate surface area is 163 Å². The molecule has 0 aromatic heterocycles. The molecule has 3 N–H and O–H groups in total. The number of benzene rings is 1. The molecule has 1 saturated carbocycles. The van der Waals surface area contributed by atoms with Crippen LogP contribution in [-0.4, -0.2) is 55.6 Å². The average Bonchev–Trinajstić information content (AvgIpc) is 3.37. The molecular formula is C22H34N4O. The number of piperidine rings is 1. The number of amides is 1. The largest absolute Gasteiger partial charge is 0.373 e. The van der Waals surface area contributed by atoms with E-state index in [2.05, 4.69) is 60.1 Å². The minimum Gasteiger partial charge on any atom is -0.373 e. The van der Waals surface area contributed by atoms with E-state index in [4.69, 9.17) is 0 Å². The zero-order valence-electron chi connectivity index (χ0n) is 16.9. The fourth-order valence-electron chi connectivity index (χ4n) is 4.90. The Hall–Kier alpha value is -1.59. The molecule has 3 aliphatic rings. The molecule has 2 heterocycles. The van der Waals surface area contributed by atoms with E-state index in [1.54, 1.807) is 0 Å². The number of hydrogen-bond donors (Lipinski definition) is 3. The number of hydrogen-bond acceptors (Lipinski definition) is 4. The highest BCUT2D eigenvalue weighted by atomic mass is 16.2. The van der Waals surface area contributed by atoms with Gasteiger partial charge in [-0.3, -0.25) is 4.79 Å². The summed E-state index contributed by atoms with van der Waals surface area (Å²) < 4.78 is 0. The Kier molecular flexibility index (Phi) is 5.42. The number of aryl methyl sites for hydroxylation is 1. The second kappa shape index (κ2) is 7.80. The Bertz CT molecular complexity index is 685. The summed E-state index contributed by atoms with van der Waals surface area (Å²) >= 11 is 0. The van der Waals surface area contributed by atoms with E-state index >= 15 is 0 Å². The molecule has 2 aliphatic heterocycles. The standard InChI is InChI=1S/C22H34N4O/c1-14-6-4-7-16-12-19(24-20(14)16)22(27)25-21(15-10-11-15)18-9-5-8-17(23-18)13-26(2)3/h4,6-7,15,17-19,21,23-24H,5,8-13H2,1-3H3,(H,25,27). The fraction of sp³-hybridized carbons (Fsp3) is 0.682. The Morgan fingerprint density at radius 3 is 2.78 bits per heavy atom. The Morgan fingerprint density at radius 1 is 1.26 bits per heavy atom. The number of anilines is 1. The molecule has 27 heavy (non-hydrogen) atoms. The zero-order chi connectivity index (χ0) is 19.0. The van der Waals surface area contributed by atoms with Crippen molar-refractivity contribution in [3.8, 4) is 0 Å². The molecule has 4 unspecified atom stereocenters. The van der Waals surface area contributed by atoms with Gasteiger partial charge in [0.15, 0.2) is 0 Å². The van der Waals surface area contributed by atoms with E-state index in [9.17, 15) is 4.79 Å². The lowest BCUT2D eigenvalue weighted by Crippen LogP contribution is -2.59. The molecular weight excluding hydrogens is 336 g/mol. The van der Waals surface area contributed by atoms with Crippen LogP contribution in [-0.2, 0) is 11.2 Å². The molecule has 4 rings (SSSR count). The van der Waals surface area contributed by atoms with Crippen LogP contribution in [0.15, 0.2) is 18.2 Å². The molecule has 1 aromatic carbocycles. The van der Waals surface area contributed by atoms with E-state index < -0.39 is 0 Å². The summed E-state index contributed by atoms with van der Waals surface area (Å²) in [5, 5.41) is 10.8. The van der Waals surface area contributed by atoms with Crippen molar-refractivity contribution < 1.29 is 4.79 Å². The molecule has 1 amide bonds. The van der Waals surface area contributed by atoms with Crippen molar-refractivity contribution in [1.29, 1.82) is 0 Å². The van der Waals surface area contributed by atoms with Crippen LogP contribution in [0.3, 0.4) is 0 Å². The molecule has 0 spiro atoms. The highest BCUT2D eigenvalue weighted by molar-refractivity contribution is 5.88. The topological polar surface area (TPSA) is 56.4 Å². The first-order valence-electron chi connectivity index (χ1n) is 10.6. The van der Waals surface area contributed by atoms with Gasteiger partial charge in [0.1, 0.15) is 6.04 Å². The van der Waals surface area contributed by atoms with Crippen molar-refractivity contribution >= 4 is 11.6 Å². The fourth-order valence-corrected chi connectivity index (χ4v) is 4.90. The van der Waals surface area contributed by atoms with Gasteiger partial charge in [-0.1, -0.05) is 24.6 Å². The molecule has 0 bridgehead atoms. The lowest BCUT2D eigenvalue weighted by Gasteiger charge is -2.38. The Balaban J connectivity index is 1.39. The summed E-state index contributed by atoms with van der Waals surface area (Å²) in [4.78, 5) is 15.3. The minimum atomic E-state index is -0.136. The van der Waals surface area contributed by atoms with E-state index in [1.807, 2.05) is 0 Å². The average molecular weight is 371 g/mol. The maximum absolute atomic E-state index is 13.1. The number of likely N-dealkylation sites (N-methyl/N-ethyl adjacent to an activating group) is 1. The number of para-hydroxylation sites is 1. The van der Waals surface area contributed by atoms with Gasteiger partial charge in [-0.05, 0) is 63.7 Å². The highest BCUT2D eigenvalue weighted by Gasteiger charge is 2.40. The third-order valence-corrected chi connectivity index (χ3v) is 6.39. The van der Waals surface area contributed by atoms with Crippen LogP contribution in [0.1, 0.15) is 43.2 Å². The SMILES string of the molecule is Cc1cccc2c1NC(C(=O)NC(C1CC1)C1CCCC(CN(C)C)N1)C2. The lowest BCUT2D eigenvalue weighted by atomic mass is 9.90. The van der Waals surface area contributed by atoms with Gasteiger partial charge >= 0.3 is 0 Å². The summed E-state index contributed by atoms with van der Waals surface area (Å²) in [5.74, 6) is 0.814. The molecule has 1 saturated heterocycles. The second-order valence-electron chi connectivity index (χ2n) is 9.05. The third kappa shape index (κ3) is 4.30. The zero-order valence-corrected chi connectivity index (χ0v) is 16.9. The first-order chi connectivity index (χ1) is 13.0. The summed E-state index contributed by atoms with van der Waals surface area (Å²) in [5.41, 5.74) is 3.64. The van der Waals surface area contributed by atoms with Crippen molar-refractivity contribution in [3.05, 3.63) is 29.3 Å². The maximum Gasteiger partial charge on any atom is 0.243 e. The number of nitrogens with zero attached hydrogens (tertiary/aromatic N) is 1. The molecule has 148 valence electrons. The van der Waals surface area contributed by atoms with Crippen LogP contribution in [0.5, 0.6) is 0 Å². The van der Waals surface area contributed by atoms with Crippen molar-refractivity contribution in [2.24, 2.45) is 5.92 Å². The quantitative estimate of drug-likeness (QED) is 0.719. The number of carbonyl (C=O) groups is 1. The van der Waals surface area contributed by atoms with E-state index in [0.717, 1.165) is 18.7 Å². The molecule has 5 heteroatoms. The molecule has 5 nitrogen and oxygen atoms in total. The third-order valence-electron chi connectivity index (χ3n) is 6.39. The van der Waals surface area contributed by atoms with Gasteiger partial charge in [0.25, 0.3) is 0 Å². The minimum absolute atomic E-state index is 0.136. The van der Waals surface area contributed by atoms with Crippen molar-refractivity contribution in [2.75, 3.05) is 26.0 Å². The van der Waals surface area contributed by atoms with Gasteiger partial charge in [-0.15, -0.1) is 0 Å². The number of fused-ring (bicyclic) bond motifs is 1. The van der Waals surface area contributed by atoms with Crippen molar-refractivity contribution in [3.63, 3.8) is 0 Å². The van der Waals surface area contributed by atoms with Crippen molar-refractivity contribution in [1.82, 2.24) is 15.5 Å². The molecule has 1 aliphatic carbocycles. The Morgan fingerprint density at radius 2 is 2.07 bits per heavy atom. The predicted octanol–water partition coefficient (Wildman–Crippen LogP) is 2.30. The highest BCUT2D eigenvalue weighted by Crippen LogP contribution is 2.36. The summed E-state index contributed by atoms with van der Waals surface area (Å²) in [7, 11) is 4.27. The molecule has 2 fully saturated rings. The summed E-state index contributed by atoms with van der Waals surface area (Å²) in [6.07, 6.45) is 6.95. The van der Waals surface area contributed by atoms with Crippen molar-refractivity contribution in [2.45, 2.75) is 69.6 Å². The predicted molar refractivity (Wildman–Crippen MR) is 110 cm³/mol. The second-order valence-corrected chi connectivity index (χ2v) is 9.05. The van der Waals surface area contributed by atoms with E-state index in [0.29, 0.717) is 18.0 Å². The first-order valence-corrected chi connectivity index (χ1v) is 10.6. The van der Waals surface area contributed by atoms with Gasteiger partial charge in [0, 0.05) is 36.8 Å². The molecule has 4 atom stereocenters. The van der Waals surface area contributed by atoms with Crippen LogP contribution in [0.4, 0.5) is 5.69 Å².